The maximum Gasteiger partial charge on any atom is 0.355 e. The molecule has 0 N–H and O–H groups in total. The number of esters is 3. The SMILES string of the molecule is COC(=O)/C(=C(\C)CC(C(=O)OC)C(=O)OC)N1C(=O)c2ccccc2C1=O. The zero-order chi connectivity index (χ0) is 21.0. The molecule has 2 rings (SSSR count). The first kappa shape index (κ1) is 20.8. The number of imide groups is 1. The summed E-state index contributed by atoms with van der Waals surface area (Å²) < 4.78 is 13.9. The van der Waals surface area contributed by atoms with Crippen LogP contribution in [0.25, 0.3) is 0 Å². The highest BCUT2D eigenvalue weighted by Crippen LogP contribution is 2.30. The van der Waals surface area contributed by atoms with Crippen LogP contribution in [0.1, 0.15) is 34.1 Å². The molecule has 0 aromatic heterocycles. The van der Waals surface area contributed by atoms with E-state index in [0.717, 1.165) is 21.3 Å². The quantitative estimate of drug-likeness (QED) is 0.233. The maximum absolute atomic E-state index is 12.7. The average Bonchev–Trinajstić information content (AvgIpc) is 2.96. The predicted molar refractivity (Wildman–Crippen MR) is 93.8 cm³/mol. The van der Waals surface area contributed by atoms with Gasteiger partial charge in [-0.1, -0.05) is 12.1 Å². The van der Waals surface area contributed by atoms with E-state index >= 15 is 0 Å². The number of hydrogen-bond acceptors (Lipinski definition) is 8. The van der Waals surface area contributed by atoms with Crippen molar-refractivity contribution in [3.63, 3.8) is 0 Å². The van der Waals surface area contributed by atoms with Crippen LogP contribution in [0.5, 0.6) is 0 Å². The van der Waals surface area contributed by atoms with Crippen LogP contribution in [0.2, 0.25) is 0 Å². The van der Waals surface area contributed by atoms with Gasteiger partial charge in [0.25, 0.3) is 11.8 Å². The van der Waals surface area contributed by atoms with E-state index in [1.54, 1.807) is 12.1 Å². The van der Waals surface area contributed by atoms with Crippen molar-refractivity contribution in [1.29, 1.82) is 0 Å². The number of fused-ring (bicyclic) bond motifs is 1. The fourth-order valence-electron chi connectivity index (χ4n) is 2.90. The first-order valence-electron chi connectivity index (χ1n) is 8.20. The van der Waals surface area contributed by atoms with Crippen molar-refractivity contribution in [3.05, 3.63) is 46.7 Å². The molecular weight excluding hydrogens is 370 g/mol. The molecule has 1 aliphatic rings. The fourth-order valence-corrected chi connectivity index (χ4v) is 2.90. The third-order valence-electron chi connectivity index (χ3n) is 4.28. The highest BCUT2D eigenvalue weighted by Gasteiger charge is 2.42. The van der Waals surface area contributed by atoms with E-state index in [1.807, 2.05) is 0 Å². The Hall–Kier alpha value is -3.49. The molecule has 0 fully saturated rings. The molecule has 9 nitrogen and oxygen atoms in total. The Morgan fingerprint density at radius 1 is 0.893 bits per heavy atom. The van der Waals surface area contributed by atoms with Crippen molar-refractivity contribution in [2.75, 3.05) is 21.3 Å². The molecule has 0 saturated heterocycles. The second-order valence-electron chi connectivity index (χ2n) is 5.91. The van der Waals surface area contributed by atoms with E-state index in [9.17, 15) is 24.0 Å². The van der Waals surface area contributed by atoms with Gasteiger partial charge >= 0.3 is 17.9 Å². The normalized spacial score (nSPS) is 13.8. The summed E-state index contributed by atoms with van der Waals surface area (Å²) in [6, 6.07) is 6.11. The molecule has 1 aromatic carbocycles. The van der Waals surface area contributed by atoms with Crippen molar-refractivity contribution in [1.82, 2.24) is 4.90 Å². The topological polar surface area (TPSA) is 116 Å². The number of benzene rings is 1. The molecule has 0 aliphatic carbocycles. The first-order valence-corrected chi connectivity index (χ1v) is 8.20. The largest absolute Gasteiger partial charge is 0.468 e. The number of hydrogen-bond donors (Lipinski definition) is 0. The van der Waals surface area contributed by atoms with Crippen LogP contribution in [0, 0.1) is 5.92 Å². The van der Waals surface area contributed by atoms with Gasteiger partial charge in [-0.05, 0) is 31.1 Å². The van der Waals surface area contributed by atoms with Gasteiger partial charge in [0, 0.05) is 0 Å². The van der Waals surface area contributed by atoms with E-state index in [-0.39, 0.29) is 28.8 Å². The molecule has 0 spiro atoms. The predicted octanol–water partition coefficient (Wildman–Crippen LogP) is 1.08. The van der Waals surface area contributed by atoms with E-state index in [4.69, 9.17) is 4.74 Å². The molecule has 1 aliphatic heterocycles. The molecule has 0 saturated carbocycles. The fraction of sp³-hybridized carbons (Fsp3) is 0.316. The van der Waals surface area contributed by atoms with Crippen molar-refractivity contribution < 1.29 is 38.2 Å². The Bertz CT molecular complexity index is 835. The number of methoxy groups -OCH3 is 3. The van der Waals surface area contributed by atoms with E-state index < -0.39 is 35.6 Å². The van der Waals surface area contributed by atoms with Gasteiger partial charge in [0.1, 0.15) is 5.70 Å². The minimum absolute atomic E-state index is 0.113. The monoisotopic (exact) mass is 389 g/mol. The van der Waals surface area contributed by atoms with Crippen LogP contribution in [0.15, 0.2) is 35.5 Å². The molecular formula is C19H19NO8. The molecule has 0 unspecified atom stereocenters. The van der Waals surface area contributed by atoms with Gasteiger partial charge in [0.2, 0.25) is 0 Å². The van der Waals surface area contributed by atoms with Crippen LogP contribution >= 0.6 is 0 Å². The first-order chi connectivity index (χ1) is 13.3. The van der Waals surface area contributed by atoms with E-state index in [1.165, 1.54) is 19.1 Å². The summed E-state index contributed by atoms with van der Waals surface area (Å²) in [4.78, 5) is 62.4. The van der Waals surface area contributed by atoms with Crippen LogP contribution in [0.4, 0.5) is 0 Å². The van der Waals surface area contributed by atoms with Crippen molar-refractivity contribution >= 4 is 29.7 Å². The van der Waals surface area contributed by atoms with Gasteiger partial charge in [-0.3, -0.25) is 19.2 Å². The maximum atomic E-state index is 12.7. The lowest BCUT2D eigenvalue weighted by Crippen LogP contribution is -2.35. The molecule has 28 heavy (non-hydrogen) atoms. The Labute approximate surface area is 160 Å². The highest BCUT2D eigenvalue weighted by molar-refractivity contribution is 6.24. The van der Waals surface area contributed by atoms with Crippen LogP contribution in [-0.2, 0) is 28.6 Å². The smallest absolute Gasteiger partial charge is 0.355 e. The Morgan fingerprint density at radius 3 is 1.75 bits per heavy atom. The lowest BCUT2D eigenvalue weighted by Gasteiger charge is -2.20. The molecule has 148 valence electrons. The summed E-state index contributed by atoms with van der Waals surface area (Å²) in [5.41, 5.74) is 0.0343. The Morgan fingerprint density at radius 2 is 1.36 bits per heavy atom. The lowest BCUT2D eigenvalue weighted by atomic mass is 9.98. The van der Waals surface area contributed by atoms with Crippen molar-refractivity contribution in [2.45, 2.75) is 13.3 Å². The highest BCUT2D eigenvalue weighted by atomic mass is 16.5. The van der Waals surface area contributed by atoms with Gasteiger partial charge in [-0.25, -0.2) is 9.69 Å². The zero-order valence-corrected chi connectivity index (χ0v) is 15.8. The summed E-state index contributed by atoms with van der Waals surface area (Å²) in [7, 11) is 3.29. The second-order valence-corrected chi connectivity index (χ2v) is 5.91. The Kier molecular flexibility index (Phi) is 6.29. The summed E-state index contributed by atoms with van der Waals surface area (Å²) in [6.07, 6.45) is -0.308. The van der Waals surface area contributed by atoms with Gasteiger partial charge < -0.3 is 14.2 Å². The molecule has 9 heteroatoms. The van der Waals surface area contributed by atoms with Crippen molar-refractivity contribution in [3.8, 4) is 0 Å². The van der Waals surface area contributed by atoms with Gasteiger partial charge in [-0.15, -0.1) is 0 Å². The molecule has 1 heterocycles. The number of amides is 2. The average molecular weight is 389 g/mol. The number of allylic oxidation sites excluding steroid dienone is 1. The summed E-state index contributed by atoms with van der Waals surface area (Å²) in [6.45, 7) is 1.41. The summed E-state index contributed by atoms with van der Waals surface area (Å²) in [5.74, 6) is -5.48. The third kappa shape index (κ3) is 3.64. The van der Waals surface area contributed by atoms with E-state index in [2.05, 4.69) is 9.47 Å². The molecule has 0 bridgehead atoms. The molecule has 1 aromatic rings. The number of nitrogens with zero attached hydrogens (tertiary/aromatic N) is 1. The number of carbonyl (C=O) groups excluding carboxylic acids is 5. The van der Waals surface area contributed by atoms with E-state index in [0.29, 0.717) is 4.90 Å². The van der Waals surface area contributed by atoms with Gasteiger partial charge in [0.05, 0.1) is 32.5 Å². The van der Waals surface area contributed by atoms with Gasteiger partial charge in [0.15, 0.2) is 5.92 Å². The van der Waals surface area contributed by atoms with Crippen LogP contribution in [-0.4, -0.2) is 56.0 Å². The van der Waals surface area contributed by atoms with Crippen LogP contribution < -0.4 is 0 Å². The molecule has 0 radical (unpaired) electrons. The number of ether oxygens (including phenoxy) is 3. The summed E-state index contributed by atoms with van der Waals surface area (Å²) in [5, 5.41) is 0. The minimum Gasteiger partial charge on any atom is -0.468 e. The van der Waals surface area contributed by atoms with Gasteiger partial charge in [-0.2, -0.15) is 0 Å². The second kappa shape index (κ2) is 8.47. The molecule has 2 amide bonds. The van der Waals surface area contributed by atoms with Crippen LogP contribution in [0.3, 0.4) is 0 Å². The Balaban J connectivity index is 2.53. The minimum atomic E-state index is -1.37. The van der Waals surface area contributed by atoms with Crippen molar-refractivity contribution in [2.24, 2.45) is 5.92 Å². The third-order valence-corrected chi connectivity index (χ3v) is 4.28. The molecule has 0 atom stereocenters. The zero-order valence-electron chi connectivity index (χ0n) is 15.8. The summed E-state index contributed by atoms with van der Waals surface area (Å²) >= 11 is 0. The number of rotatable bonds is 6. The standard InChI is InChI=1S/C19H19NO8/c1-10(9-13(17(23)26-2)18(24)27-3)14(19(25)28-4)20-15(21)11-7-5-6-8-12(11)16(20)22/h5-8,13H,9H2,1-4H3/b14-10-. The lowest BCUT2D eigenvalue weighted by molar-refractivity contribution is -0.158. The number of carbonyl (C=O) groups is 5.